The quantitative estimate of drug-likeness (QED) is 0.291. The summed E-state index contributed by atoms with van der Waals surface area (Å²) in [6.45, 7) is 3.27. The third-order valence-corrected chi connectivity index (χ3v) is 3.84. The molecule has 0 bridgehead atoms. The van der Waals surface area contributed by atoms with Crippen molar-refractivity contribution in [1.82, 2.24) is 0 Å². The molecule has 0 spiro atoms. The maximum atomic E-state index is 8.89. The second-order valence-corrected chi connectivity index (χ2v) is 6.40. The van der Waals surface area contributed by atoms with Crippen molar-refractivity contribution in [2.24, 2.45) is 0 Å². The van der Waals surface area contributed by atoms with Crippen LogP contribution in [-0.4, -0.2) is 25.1 Å². The lowest BCUT2D eigenvalue weighted by atomic mass is 10.1. The normalized spacial score (nSPS) is 10.9. The van der Waals surface area contributed by atoms with E-state index in [1.165, 1.54) is 77.0 Å². The Morgan fingerprint density at radius 3 is 1.40 bits per heavy atom. The van der Waals surface area contributed by atoms with E-state index in [1.807, 2.05) is 14.1 Å². The van der Waals surface area contributed by atoms with E-state index >= 15 is 0 Å². The van der Waals surface area contributed by atoms with Gasteiger partial charge < -0.3 is 12.4 Å². The van der Waals surface area contributed by atoms with Gasteiger partial charge in [0.15, 0.2) is 0 Å². The fourth-order valence-electron chi connectivity index (χ4n) is 2.40. The van der Waals surface area contributed by atoms with Gasteiger partial charge in [-0.3, -0.25) is 0 Å². The summed E-state index contributed by atoms with van der Waals surface area (Å²) in [6, 6.07) is 0. The maximum absolute atomic E-state index is 8.89. The smallest absolute Gasteiger partial charge is 0.308 e. The molecule has 0 N–H and O–H groups in total. The Morgan fingerprint density at radius 2 is 1.05 bits per heavy atom. The third-order valence-electron chi connectivity index (χ3n) is 3.84. The average molecular weight is 303 g/mol. The molecule has 0 radical (unpaired) electrons. The Hall–Kier alpha value is -0.260. The molecule has 0 aromatic heterocycles. The zero-order chi connectivity index (χ0) is 14.4. The van der Waals surface area contributed by atoms with Crippen LogP contribution in [0.15, 0.2) is 0 Å². The SMILES string of the molecule is CCCCCCCCCCCCCC[N+](C)(C)C#N.[Cl-]. The van der Waals surface area contributed by atoms with E-state index < -0.39 is 0 Å². The van der Waals surface area contributed by atoms with Crippen molar-refractivity contribution >= 4 is 0 Å². The van der Waals surface area contributed by atoms with Crippen LogP contribution in [0.3, 0.4) is 0 Å². The highest BCUT2D eigenvalue weighted by Crippen LogP contribution is 2.12. The molecule has 120 valence electrons. The van der Waals surface area contributed by atoms with Crippen LogP contribution in [0.25, 0.3) is 0 Å². The Bertz CT molecular complexity index is 234. The van der Waals surface area contributed by atoms with Gasteiger partial charge in [0.1, 0.15) is 0 Å². The van der Waals surface area contributed by atoms with Gasteiger partial charge in [0.2, 0.25) is 0 Å². The van der Waals surface area contributed by atoms with E-state index in [9.17, 15) is 0 Å². The van der Waals surface area contributed by atoms with Crippen molar-refractivity contribution in [3.05, 3.63) is 0 Å². The molecule has 0 aliphatic heterocycles. The Balaban J connectivity index is 0. The minimum Gasteiger partial charge on any atom is -1.00 e. The minimum absolute atomic E-state index is 0. The molecule has 0 aromatic rings. The first-order valence-electron chi connectivity index (χ1n) is 8.36. The Kier molecular flexibility index (Phi) is 16.7. The molecule has 0 saturated heterocycles. The summed E-state index contributed by atoms with van der Waals surface area (Å²) in [5, 5.41) is 8.89. The number of hydrogen-bond donors (Lipinski definition) is 0. The molecule has 0 rings (SSSR count). The molecular weight excluding hydrogens is 268 g/mol. The van der Waals surface area contributed by atoms with Gasteiger partial charge in [-0.25, -0.2) is 4.48 Å². The molecule has 0 aliphatic rings. The van der Waals surface area contributed by atoms with Gasteiger partial charge in [0.05, 0.1) is 20.6 Å². The second kappa shape index (κ2) is 15.1. The number of quaternary nitrogens is 1. The summed E-state index contributed by atoms with van der Waals surface area (Å²) in [6.07, 6.45) is 18.9. The predicted octanol–water partition coefficient (Wildman–Crippen LogP) is 2.25. The molecule has 0 atom stereocenters. The van der Waals surface area contributed by atoms with E-state index in [0.29, 0.717) is 4.48 Å². The first kappa shape index (κ1) is 22.0. The topological polar surface area (TPSA) is 23.8 Å². The fourth-order valence-corrected chi connectivity index (χ4v) is 2.40. The molecular formula is C17H35ClN2. The maximum Gasteiger partial charge on any atom is 0.308 e. The lowest BCUT2D eigenvalue weighted by molar-refractivity contribution is -0.824. The van der Waals surface area contributed by atoms with E-state index in [1.54, 1.807) is 0 Å². The zero-order valence-electron chi connectivity index (χ0n) is 14.0. The number of unbranched alkanes of at least 4 members (excludes halogenated alkanes) is 11. The van der Waals surface area contributed by atoms with Crippen molar-refractivity contribution < 1.29 is 16.9 Å². The number of nitrogens with zero attached hydrogens (tertiary/aromatic N) is 2. The van der Waals surface area contributed by atoms with Crippen molar-refractivity contribution in [2.45, 2.75) is 84.0 Å². The zero-order valence-corrected chi connectivity index (χ0v) is 14.7. The lowest BCUT2D eigenvalue weighted by Gasteiger charge is -2.17. The van der Waals surface area contributed by atoms with Crippen LogP contribution in [0.5, 0.6) is 0 Å². The second-order valence-electron chi connectivity index (χ2n) is 6.40. The van der Waals surface area contributed by atoms with E-state index in [4.69, 9.17) is 5.26 Å². The van der Waals surface area contributed by atoms with Crippen LogP contribution in [-0.2, 0) is 0 Å². The van der Waals surface area contributed by atoms with E-state index in [2.05, 4.69) is 13.1 Å². The average Bonchev–Trinajstić information content (AvgIpc) is 2.40. The highest BCUT2D eigenvalue weighted by Gasteiger charge is 2.12. The highest BCUT2D eigenvalue weighted by atomic mass is 35.5. The predicted molar refractivity (Wildman–Crippen MR) is 83.7 cm³/mol. The van der Waals surface area contributed by atoms with Gasteiger partial charge in [-0.2, -0.15) is 0 Å². The van der Waals surface area contributed by atoms with E-state index in [-0.39, 0.29) is 12.4 Å². The summed E-state index contributed by atoms with van der Waals surface area (Å²) < 4.78 is 0.498. The fraction of sp³-hybridized carbons (Fsp3) is 0.941. The van der Waals surface area contributed by atoms with Crippen molar-refractivity contribution in [2.75, 3.05) is 20.6 Å². The molecule has 3 heteroatoms. The summed E-state index contributed by atoms with van der Waals surface area (Å²) >= 11 is 0. The molecule has 0 heterocycles. The first-order valence-corrected chi connectivity index (χ1v) is 8.36. The largest absolute Gasteiger partial charge is 1.00 e. The number of rotatable bonds is 13. The molecule has 0 saturated carbocycles. The van der Waals surface area contributed by atoms with Gasteiger partial charge in [0, 0.05) is 0 Å². The van der Waals surface area contributed by atoms with Gasteiger partial charge in [-0.05, 0) is 12.8 Å². The summed E-state index contributed by atoms with van der Waals surface area (Å²) in [4.78, 5) is 0. The summed E-state index contributed by atoms with van der Waals surface area (Å²) in [5.41, 5.74) is 0. The number of nitriles is 1. The number of hydrogen-bond acceptors (Lipinski definition) is 1. The van der Waals surface area contributed by atoms with Crippen LogP contribution < -0.4 is 12.4 Å². The van der Waals surface area contributed by atoms with Gasteiger partial charge >= 0.3 is 6.19 Å². The van der Waals surface area contributed by atoms with Crippen molar-refractivity contribution in [3.63, 3.8) is 0 Å². The first-order chi connectivity index (χ1) is 9.12. The van der Waals surface area contributed by atoms with Gasteiger partial charge in [0.25, 0.3) is 0 Å². The molecule has 0 unspecified atom stereocenters. The van der Waals surface area contributed by atoms with Crippen LogP contribution >= 0.6 is 0 Å². The molecule has 2 nitrogen and oxygen atoms in total. The molecule has 20 heavy (non-hydrogen) atoms. The van der Waals surface area contributed by atoms with Crippen molar-refractivity contribution in [1.29, 1.82) is 5.26 Å². The lowest BCUT2D eigenvalue weighted by Crippen LogP contribution is -3.00. The summed E-state index contributed by atoms with van der Waals surface area (Å²) in [5.74, 6) is 0. The molecule has 0 aromatic carbocycles. The van der Waals surface area contributed by atoms with Gasteiger partial charge in [-0.1, -0.05) is 71.1 Å². The van der Waals surface area contributed by atoms with Crippen LogP contribution in [0.2, 0.25) is 0 Å². The monoisotopic (exact) mass is 302 g/mol. The molecule has 0 aliphatic carbocycles. The number of halogens is 1. The van der Waals surface area contributed by atoms with Gasteiger partial charge in [-0.15, -0.1) is 5.26 Å². The highest BCUT2D eigenvalue weighted by molar-refractivity contribution is 4.52. The van der Waals surface area contributed by atoms with Crippen molar-refractivity contribution in [3.8, 4) is 6.19 Å². The minimum atomic E-state index is 0. The standard InChI is InChI=1S/C17H35N2.ClH/c1-4-5-6-7-8-9-10-11-12-13-14-15-16-19(2,3)17-18;/h4-16H2,1-3H3;1H/q+1;/p-1. The van der Waals surface area contributed by atoms with Crippen LogP contribution in [0.1, 0.15) is 84.0 Å². The Labute approximate surface area is 133 Å². The molecule has 0 fully saturated rings. The van der Waals surface area contributed by atoms with Crippen LogP contribution in [0.4, 0.5) is 0 Å². The summed E-state index contributed by atoms with van der Waals surface area (Å²) in [7, 11) is 3.97. The molecule has 0 amide bonds. The van der Waals surface area contributed by atoms with E-state index in [0.717, 1.165) is 6.54 Å². The van der Waals surface area contributed by atoms with Crippen LogP contribution in [0, 0.1) is 11.5 Å². The third kappa shape index (κ3) is 15.8. The Morgan fingerprint density at radius 1 is 0.700 bits per heavy atom.